The predicted octanol–water partition coefficient (Wildman–Crippen LogP) is 0.817. The molecule has 0 amide bonds. The van der Waals surface area contributed by atoms with Crippen LogP contribution in [0.2, 0.25) is 0 Å². The Morgan fingerprint density at radius 1 is 1.44 bits per heavy atom. The van der Waals surface area contributed by atoms with Gasteiger partial charge in [-0.05, 0) is 5.92 Å². The molecule has 3 aliphatic heterocycles. The molecule has 1 unspecified atom stereocenters. The van der Waals surface area contributed by atoms with Crippen LogP contribution in [-0.4, -0.2) is 34.8 Å². The van der Waals surface area contributed by atoms with Crippen LogP contribution in [0.4, 0.5) is 0 Å². The average molecular weight is 144 g/mol. The van der Waals surface area contributed by atoms with Crippen molar-refractivity contribution in [2.75, 3.05) is 25.6 Å². The fourth-order valence-corrected chi connectivity index (χ4v) is 2.39. The lowest BCUT2D eigenvalue weighted by Crippen LogP contribution is -2.50. The molecule has 0 spiro atoms. The van der Waals surface area contributed by atoms with Crippen LogP contribution >= 0.6 is 11.9 Å². The molecule has 9 heavy (non-hydrogen) atoms. The Morgan fingerprint density at radius 2 is 2.22 bits per heavy atom. The zero-order valence-electron chi connectivity index (χ0n) is 5.71. The highest BCUT2D eigenvalue weighted by molar-refractivity contribution is 7.97. The third-order valence-electron chi connectivity index (χ3n) is 1.83. The molecule has 2 bridgehead atoms. The third-order valence-corrected chi connectivity index (χ3v) is 3.14. The molecule has 3 saturated heterocycles. The summed E-state index contributed by atoms with van der Waals surface area (Å²) in [6, 6.07) is 0. The largest absolute Gasteiger partial charge is 0.275 e. The summed E-state index contributed by atoms with van der Waals surface area (Å²) in [5.41, 5.74) is 0. The lowest BCUT2D eigenvalue weighted by Gasteiger charge is -2.38. The van der Waals surface area contributed by atoms with E-state index in [1.54, 1.807) is 0 Å². The normalized spacial score (nSPS) is 49.7. The Labute approximate surface area is 60.3 Å². The van der Waals surface area contributed by atoms with E-state index in [1.165, 1.54) is 25.6 Å². The highest BCUT2D eigenvalue weighted by atomic mass is 32.2. The van der Waals surface area contributed by atoms with Crippen LogP contribution in [-0.2, 0) is 0 Å². The minimum absolute atomic E-state index is 0.891. The van der Waals surface area contributed by atoms with Crippen LogP contribution in [0, 0.1) is 5.92 Å². The van der Waals surface area contributed by atoms with Gasteiger partial charge in [0.1, 0.15) is 0 Å². The Balaban J connectivity index is 1.96. The molecule has 3 rings (SSSR count). The Bertz CT molecular complexity index is 112. The zero-order chi connectivity index (χ0) is 6.27. The van der Waals surface area contributed by atoms with Crippen molar-refractivity contribution in [3.8, 4) is 0 Å². The second kappa shape index (κ2) is 2.15. The van der Waals surface area contributed by atoms with E-state index in [0.717, 1.165) is 5.92 Å². The minimum atomic E-state index is 0.891. The molecule has 2 nitrogen and oxygen atoms in total. The van der Waals surface area contributed by atoms with Gasteiger partial charge in [-0.25, -0.2) is 4.31 Å². The summed E-state index contributed by atoms with van der Waals surface area (Å²) in [4.78, 5) is 2.49. The van der Waals surface area contributed by atoms with E-state index in [2.05, 4.69) is 16.1 Å². The van der Waals surface area contributed by atoms with Crippen LogP contribution < -0.4 is 0 Å². The van der Waals surface area contributed by atoms with Gasteiger partial charge in [0, 0.05) is 12.3 Å². The maximum atomic E-state index is 2.49. The van der Waals surface area contributed by atoms with Gasteiger partial charge in [-0.3, -0.25) is 4.90 Å². The number of rotatable bonds is 0. The van der Waals surface area contributed by atoms with Crippen molar-refractivity contribution in [2.24, 2.45) is 5.92 Å². The molecule has 0 aliphatic carbocycles. The van der Waals surface area contributed by atoms with Crippen LogP contribution in [0.25, 0.3) is 0 Å². The van der Waals surface area contributed by atoms with Crippen LogP contribution in [0.5, 0.6) is 0 Å². The molecule has 3 heterocycles. The van der Waals surface area contributed by atoms with Gasteiger partial charge in [0.15, 0.2) is 0 Å². The van der Waals surface area contributed by atoms with Gasteiger partial charge in [0.25, 0.3) is 0 Å². The number of fused-ring (bicyclic) bond motifs is 3. The van der Waals surface area contributed by atoms with Gasteiger partial charge in [0.2, 0.25) is 0 Å². The number of hydrogen-bond acceptors (Lipinski definition) is 3. The first-order valence-electron chi connectivity index (χ1n) is 3.45. The summed E-state index contributed by atoms with van der Waals surface area (Å²) in [6.45, 7) is 6.04. The number of hydrogen-bond donors (Lipinski definition) is 0. The fraction of sp³-hybridized carbons (Fsp3) is 1.00. The van der Waals surface area contributed by atoms with Crippen molar-refractivity contribution < 1.29 is 0 Å². The topological polar surface area (TPSA) is 6.48 Å². The van der Waals surface area contributed by atoms with Crippen molar-refractivity contribution >= 4 is 11.9 Å². The summed E-state index contributed by atoms with van der Waals surface area (Å²) in [6.07, 6.45) is 0. The van der Waals surface area contributed by atoms with E-state index in [-0.39, 0.29) is 0 Å². The smallest absolute Gasteiger partial charge is 0.0632 e. The zero-order valence-corrected chi connectivity index (χ0v) is 6.52. The van der Waals surface area contributed by atoms with E-state index < -0.39 is 0 Å². The summed E-state index contributed by atoms with van der Waals surface area (Å²) < 4.78 is 2.42. The van der Waals surface area contributed by atoms with Crippen LogP contribution in [0.1, 0.15) is 6.92 Å². The van der Waals surface area contributed by atoms with Gasteiger partial charge >= 0.3 is 0 Å². The summed E-state index contributed by atoms with van der Waals surface area (Å²) in [5, 5.41) is 0. The molecule has 0 aromatic carbocycles. The molecule has 0 N–H and O–H groups in total. The lowest BCUT2D eigenvalue weighted by atomic mass is 10.2. The maximum absolute atomic E-state index is 2.49. The molecule has 0 radical (unpaired) electrons. The first-order valence-corrected chi connectivity index (χ1v) is 4.39. The number of nitrogens with zero attached hydrogens (tertiary/aromatic N) is 2. The second-order valence-corrected chi connectivity index (χ2v) is 4.13. The quantitative estimate of drug-likeness (QED) is 0.465. The molecule has 3 heteroatoms. The van der Waals surface area contributed by atoms with E-state index in [9.17, 15) is 0 Å². The SMILES string of the molecule is CC1CSN2CN(C1)C2. The van der Waals surface area contributed by atoms with E-state index >= 15 is 0 Å². The first kappa shape index (κ1) is 6.01. The van der Waals surface area contributed by atoms with Crippen molar-refractivity contribution in [1.82, 2.24) is 9.21 Å². The molecule has 52 valence electrons. The average Bonchev–Trinajstić information content (AvgIpc) is 1.93. The van der Waals surface area contributed by atoms with E-state index in [4.69, 9.17) is 0 Å². The fourth-order valence-electron chi connectivity index (χ4n) is 1.33. The predicted molar refractivity (Wildman–Crippen MR) is 39.9 cm³/mol. The van der Waals surface area contributed by atoms with Crippen LogP contribution in [0.3, 0.4) is 0 Å². The van der Waals surface area contributed by atoms with Crippen molar-refractivity contribution in [2.45, 2.75) is 6.92 Å². The van der Waals surface area contributed by atoms with Gasteiger partial charge in [-0.2, -0.15) is 0 Å². The Morgan fingerprint density at radius 3 is 3.00 bits per heavy atom. The molecule has 0 aromatic rings. The first-order chi connectivity index (χ1) is 4.34. The molecule has 0 aromatic heterocycles. The molecule has 0 saturated carbocycles. The monoisotopic (exact) mass is 144 g/mol. The van der Waals surface area contributed by atoms with Gasteiger partial charge in [0.05, 0.1) is 13.3 Å². The van der Waals surface area contributed by atoms with Gasteiger partial charge < -0.3 is 0 Å². The highest BCUT2D eigenvalue weighted by Gasteiger charge is 2.29. The Kier molecular flexibility index (Phi) is 1.43. The van der Waals surface area contributed by atoms with E-state index in [1.807, 2.05) is 11.9 Å². The molecule has 1 atom stereocenters. The van der Waals surface area contributed by atoms with Crippen LogP contribution in [0.15, 0.2) is 0 Å². The van der Waals surface area contributed by atoms with Gasteiger partial charge in [-0.1, -0.05) is 18.9 Å². The standard InChI is InChI=1S/C6H12N2S/c1-6-2-7-4-8(5-7)9-3-6/h6H,2-5H2,1H3. The van der Waals surface area contributed by atoms with Gasteiger partial charge in [-0.15, -0.1) is 0 Å². The molecular formula is C6H12N2S. The minimum Gasteiger partial charge on any atom is -0.275 e. The summed E-state index contributed by atoms with van der Waals surface area (Å²) in [7, 11) is 0. The summed E-state index contributed by atoms with van der Waals surface area (Å²) >= 11 is 2.00. The highest BCUT2D eigenvalue weighted by Crippen LogP contribution is 2.27. The Hall–Kier alpha value is 0.270. The van der Waals surface area contributed by atoms with Crippen molar-refractivity contribution in [3.63, 3.8) is 0 Å². The third kappa shape index (κ3) is 1.09. The van der Waals surface area contributed by atoms with E-state index in [0.29, 0.717) is 0 Å². The molecular weight excluding hydrogens is 132 g/mol. The van der Waals surface area contributed by atoms with Crippen molar-refractivity contribution in [1.29, 1.82) is 0 Å². The summed E-state index contributed by atoms with van der Waals surface area (Å²) in [5.74, 6) is 2.21. The molecule has 3 aliphatic rings. The maximum Gasteiger partial charge on any atom is 0.0632 e. The second-order valence-electron chi connectivity index (χ2n) is 3.02. The lowest BCUT2D eigenvalue weighted by molar-refractivity contribution is 0.0472. The molecule has 3 fully saturated rings. The van der Waals surface area contributed by atoms with Crippen molar-refractivity contribution in [3.05, 3.63) is 0 Å².